The molecule has 80 valence electrons. The molecule has 3 heteroatoms. The number of rotatable bonds is 4. The fraction of sp³-hybridized carbons (Fsp3) is 0.333. The van der Waals surface area contributed by atoms with E-state index in [1.165, 1.54) is 0 Å². The van der Waals surface area contributed by atoms with Crippen molar-refractivity contribution in [2.45, 2.75) is 6.92 Å². The summed E-state index contributed by atoms with van der Waals surface area (Å²) in [4.78, 5) is 0. The number of hydrogen-bond acceptors (Lipinski definition) is 3. The summed E-state index contributed by atoms with van der Waals surface area (Å²) in [6.07, 6.45) is 5.18. The maximum absolute atomic E-state index is 5.20. The van der Waals surface area contributed by atoms with Gasteiger partial charge in [0.05, 0.1) is 20.8 Å². The van der Waals surface area contributed by atoms with E-state index in [-0.39, 0.29) is 0 Å². The third-order valence-electron chi connectivity index (χ3n) is 2.11. The van der Waals surface area contributed by atoms with Crippen molar-refractivity contribution in [2.24, 2.45) is 0 Å². The van der Waals surface area contributed by atoms with Gasteiger partial charge in [-0.2, -0.15) is 0 Å². The summed E-state index contributed by atoms with van der Waals surface area (Å²) in [7, 11) is 3.23. The Morgan fingerprint density at radius 1 is 1.27 bits per heavy atom. The fourth-order valence-electron chi connectivity index (χ4n) is 1.32. The van der Waals surface area contributed by atoms with E-state index in [1.54, 1.807) is 14.2 Å². The van der Waals surface area contributed by atoms with Gasteiger partial charge in [-0.3, -0.25) is 0 Å². The van der Waals surface area contributed by atoms with Gasteiger partial charge in [-0.15, -0.1) is 6.42 Å². The summed E-state index contributed by atoms with van der Waals surface area (Å²) in [5.41, 5.74) is 2.04. The van der Waals surface area contributed by atoms with Gasteiger partial charge in [0, 0.05) is 11.8 Å². The fourth-order valence-corrected chi connectivity index (χ4v) is 1.32. The molecular formula is C12H15NO2. The second-order valence-electron chi connectivity index (χ2n) is 3.08. The van der Waals surface area contributed by atoms with Gasteiger partial charge in [0.2, 0.25) is 0 Å². The highest BCUT2D eigenvalue weighted by Gasteiger charge is 2.07. The molecule has 0 spiro atoms. The van der Waals surface area contributed by atoms with Crippen molar-refractivity contribution in [3.8, 4) is 23.8 Å². The van der Waals surface area contributed by atoms with Gasteiger partial charge in [0.1, 0.15) is 0 Å². The molecule has 15 heavy (non-hydrogen) atoms. The number of nitrogens with one attached hydrogen (secondary N) is 1. The van der Waals surface area contributed by atoms with E-state index in [4.69, 9.17) is 15.9 Å². The summed E-state index contributed by atoms with van der Waals surface area (Å²) < 4.78 is 10.4. The minimum Gasteiger partial charge on any atom is -0.493 e. The van der Waals surface area contributed by atoms with Crippen molar-refractivity contribution in [1.29, 1.82) is 0 Å². The van der Waals surface area contributed by atoms with Crippen LogP contribution < -0.4 is 14.8 Å². The SMILES string of the molecule is C#CCNc1cc(OC)c(OC)cc1C. The Labute approximate surface area is 90.4 Å². The Kier molecular flexibility index (Phi) is 3.87. The van der Waals surface area contributed by atoms with Crippen molar-refractivity contribution in [2.75, 3.05) is 26.1 Å². The van der Waals surface area contributed by atoms with Crippen molar-refractivity contribution in [3.63, 3.8) is 0 Å². The van der Waals surface area contributed by atoms with Gasteiger partial charge < -0.3 is 14.8 Å². The molecule has 1 aromatic rings. The van der Waals surface area contributed by atoms with E-state index in [9.17, 15) is 0 Å². The highest BCUT2D eigenvalue weighted by molar-refractivity contribution is 5.60. The number of hydrogen-bond donors (Lipinski definition) is 1. The van der Waals surface area contributed by atoms with Crippen LogP contribution in [-0.4, -0.2) is 20.8 Å². The molecule has 0 saturated heterocycles. The number of ether oxygens (including phenoxy) is 2. The summed E-state index contributed by atoms with van der Waals surface area (Å²) in [6.45, 7) is 2.48. The number of aryl methyl sites for hydroxylation is 1. The van der Waals surface area contributed by atoms with Crippen molar-refractivity contribution >= 4 is 5.69 Å². The molecule has 0 aliphatic carbocycles. The first-order valence-corrected chi connectivity index (χ1v) is 4.63. The summed E-state index contributed by atoms with van der Waals surface area (Å²) in [6, 6.07) is 3.79. The third kappa shape index (κ3) is 2.57. The summed E-state index contributed by atoms with van der Waals surface area (Å²) in [5, 5.41) is 3.12. The zero-order chi connectivity index (χ0) is 11.3. The lowest BCUT2D eigenvalue weighted by molar-refractivity contribution is 0.355. The van der Waals surface area contributed by atoms with Gasteiger partial charge in [-0.1, -0.05) is 5.92 Å². The Hall–Kier alpha value is -1.82. The molecule has 0 aliphatic rings. The van der Waals surface area contributed by atoms with E-state index >= 15 is 0 Å². The third-order valence-corrected chi connectivity index (χ3v) is 2.11. The van der Waals surface area contributed by atoms with Crippen LogP contribution in [0.25, 0.3) is 0 Å². The van der Waals surface area contributed by atoms with E-state index in [1.807, 2.05) is 19.1 Å². The van der Waals surface area contributed by atoms with Gasteiger partial charge in [0.15, 0.2) is 11.5 Å². The number of methoxy groups -OCH3 is 2. The lowest BCUT2D eigenvalue weighted by Gasteiger charge is -2.12. The number of terminal acetylenes is 1. The van der Waals surface area contributed by atoms with E-state index in [2.05, 4.69) is 11.2 Å². The standard InChI is InChI=1S/C12H15NO2/c1-5-6-13-10-8-12(15-4)11(14-3)7-9(10)2/h1,7-8,13H,6H2,2-4H3. The van der Waals surface area contributed by atoms with Crippen LogP contribution in [-0.2, 0) is 0 Å². The highest BCUT2D eigenvalue weighted by atomic mass is 16.5. The quantitative estimate of drug-likeness (QED) is 0.763. The van der Waals surface area contributed by atoms with Gasteiger partial charge in [-0.05, 0) is 18.6 Å². The molecule has 1 N–H and O–H groups in total. The first kappa shape index (κ1) is 11.3. The molecule has 0 aromatic heterocycles. The van der Waals surface area contributed by atoms with Crippen LogP contribution in [0.15, 0.2) is 12.1 Å². The van der Waals surface area contributed by atoms with Gasteiger partial charge >= 0.3 is 0 Å². The van der Waals surface area contributed by atoms with Gasteiger partial charge in [-0.25, -0.2) is 0 Å². The summed E-state index contributed by atoms with van der Waals surface area (Å²) >= 11 is 0. The predicted molar refractivity (Wildman–Crippen MR) is 61.6 cm³/mol. The van der Waals surface area contributed by atoms with Crippen molar-refractivity contribution < 1.29 is 9.47 Å². The van der Waals surface area contributed by atoms with E-state index < -0.39 is 0 Å². The zero-order valence-corrected chi connectivity index (χ0v) is 9.26. The van der Waals surface area contributed by atoms with Crippen LogP contribution in [0.2, 0.25) is 0 Å². The number of benzene rings is 1. The molecule has 1 aromatic carbocycles. The van der Waals surface area contributed by atoms with Crippen LogP contribution in [0.3, 0.4) is 0 Å². The van der Waals surface area contributed by atoms with Gasteiger partial charge in [0.25, 0.3) is 0 Å². The van der Waals surface area contributed by atoms with Crippen LogP contribution in [0.4, 0.5) is 5.69 Å². The van der Waals surface area contributed by atoms with Crippen molar-refractivity contribution in [3.05, 3.63) is 17.7 Å². The molecule has 0 heterocycles. The largest absolute Gasteiger partial charge is 0.493 e. The molecule has 0 aliphatic heterocycles. The topological polar surface area (TPSA) is 30.5 Å². The average molecular weight is 205 g/mol. The smallest absolute Gasteiger partial charge is 0.162 e. The monoisotopic (exact) mass is 205 g/mol. The van der Waals surface area contributed by atoms with Crippen LogP contribution in [0.5, 0.6) is 11.5 Å². The molecule has 3 nitrogen and oxygen atoms in total. The zero-order valence-electron chi connectivity index (χ0n) is 9.26. The Morgan fingerprint density at radius 2 is 1.87 bits per heavy atom. The van der Waals surface area contributed by atoms with Crippen LogP contribution in [0, 0.1) is 19.3 Å². The minimum absolute atomic E-state index is 0.496. The normalized spacial score (nSPS) is 9.20. The summed E-state index contributed by atoms with van der Waals surface area (Å²) in [5.74, 6) is 3.95. The maximum Gasteiger partial charge on any atom is 0.162 e. The lowest BCUT2D eigenvalue weighted by atomic mass is 10.1. The highest BCUT2D eigenvalue weighted by Crippen LogP contribution is 2.32. The Morgan fingerprint density at radius 3 is 2.40 bits per heavy atom. The number of anilines is 1. The minimum atomic E-state index is 0.496. The van der Waals surface area contributed by atoms with Crippen LogP contribution >= 0.6 is 0 Å². The molecule has 0 atom stereocenters. The first-order valence-electron chi connectivity index (χ1n) is 4.63. The molecule has 0 unspecified atom stereocenters. The Bertz CT molecular complexity index is 380. The lowest BCUT2D eigenvalue weighted by Crippen LogP contribution is -2.01. The molecular weight excluding hydrogens is 190 g/mol. The molecule has 0 amide bonds. The molecule has 0 saturated carbocycles. The Balaban J connectivity index is 3.03. The predicted octanol–water partition coefficient (Wildman–Crippen LogP) is 2.06. The molecule has 1 rings (SSSR count). The second-order valence-corrected chi connectivity index (χ2v) is 3.08. The molecule has 0 radical (unpaired) electrons. The van der Waals surface area contributed by atoms with Crippen molar-refractivity contribution in [1.82, 2.24) is 0 Å². The average Bonchev–Trinajstić information content (AvgIpc) is 2.27. The molecule has 0 bridgehead atoms. The van der Waals surface area contributed by atoms with E-state index in [0.29, 0.717) is 12.3 Å². The second kappa shape index (κ2) is 5.16. The van der Waals surface area contributed by atoms with Crippen LogP contribution in [0.1, 0.15) is 5.56 Å². The van der Waals surface area contributed by atoms with E-state index in [0.717, 1.165) is 17.0 Å². The maximum atomic E-state index is 5.20. The first-order chi connectivity index (χ1) is 7.22. The molecule has 0 fully saturated rings.